The second-order valence-electron chi connectivity index (χ2n) is 6.47. The number of hydrogen-bond donors (Lipinski definition) is 0. The van der Waals surface area contributed by atoms with E-state index in [0.29, 0.717) is 22.9 Å². The van der Waals surface area contributed by atoms with Crippen LogP contribution in [0.1, 0.15) is 40.9 Å². The Hall–Kier alpha value is -3.14. The monoisotopic (exact) mass is 383 g/mol. The van der Waals surface area contributed by atoms with E-state index in [1.165, 1.54) is 16.3 Å². The van der Waals surface area contributed by atoms with Gasteiger partial charge in [-0.2, -0.15) is 5.10 Å². The Labute approximate surface area is 158 Å². The minimum absolute atomic E-state index is 0.0980. The summed E-state index contributed by atoms with van der Waals surface area (Å²) in [6.45, 7) is 2.61. The minimum atomic E-state index is -0.457. The summed E-state index contributed by atoms with van der Waals surface area (Å²) < 4.78 is 3.38. The summed E-state index contributed by atoms with van der Waals surface area (Å²) in [5.41, 5.74) is 3.17. The topological polar surface area (TPSA) is 105 Å². The molecule has 2 aliphatic heterocycles. The number of nitrogens with zero attached hydrogens (tertiary/aromatic N) is 9. The van der Waals surface area contributed by atoms with Crippen molar-refractivity contribution in [3.8, 4) is 0 Å². The predicted octanol–water partition coefficient (Wildman–Crippen LogP) is 3.23. The highest BCUT2D eigenvalue weighted by molar-refractivity contribution is 6.30. The maximum absolute atomic E-state index is 13.1. The molecule has 1 unspecified atom stereocenters. The summed E-state index contributed by atoms with van der Waals surface area (Å²) in [5, 5.41) is 19.8. The Bertz CT molecular complexity index is 1100. The van der Waals surface area contributed by atoms with E-state index >= 15 is 0 Å². The standard InChI is InChI=1S/C16H14ClN9O/c1-9-12-8-24(16-19-22-23-20-16)6-10(12)2-3-25(9)15(27)13-4-14-18-5-11(17)7-26(14)21-13/h4-9,16H,2-3H2,1H3. The van der Waals surface area contributed by atoms with Crippen LogP contribution in [0.15, 0.2) is 51.5 Å². The van der Waals surface area contributed by atoms with Crippen molar-refractivity contribution in [1.29, 1.82) is 0 Å². The van der Waals surface area contributed by atoms with Gasteiger partial charge in [0.25, 0.3) is 12.2 Å². The maximum atomic E-state index is 13.1. The molecule has 3 aromatic heterocycles. The van der Waals surface area contributed by atoms with E-state index < -0.39 is 6.29 Å². The molecule has 27 heavy (non-hydrogen) atoms. The first kappa shape index (κ1) is 16.1. The highest BCUT2D eigenvalue weighted by atomic mass is 35.5. The molecule has 5 heterocycles. The molecule has 11 heteroatoms. The number of fused-ring (bicyclic) bond motifs is 2. The van der Waals surface area contributed by atoms with Crippen LogP contribution in [0.4, 0.5) is 0 Å². The van der Waals surface area contributed by atoms with Crippen molar-refractivity contribution >= 4 is 23.2 Å². The number of halogens is 1. The van der Waals surface area contributed by atoms with E-state index in [1.807, 2.05) is 28.8 Å². The third-order valence-corrected chi connectivity index (χ3v) is 5.08. The first-order valence-electron chi connectivity index (χ1n) is 8.42. The number of hydrogen-bond acceptors (Lipinski definition) is 7. The van der Waals surface area contributed by atoms with Crippen LogP contribution in [0.2, 0.25) is 5.02 Å². The van der Waals surface area contributed by atoms with E-state index in [4.69, 9.17) is 11.6 Å². The Kier molecular flexibility index (Phi) is 3.54. The molecule has 0 N–H and O–H groups in total. The van der Waals surface area contributed by atoms with Crippen molar-refractivity contribution in [3.05, 3.63) is 52.7 Å². The Morgan fingerprint density at radius 2 is 2.04 bits per heavy atom. The van der Waals surface area contributed by atoms with Crippen molar-refractivity contribution in [2.45, 2.75) is 25.7 Å². The number of carbonyl (C=O) groups is 1. The van der Waals surface area contributed by atoms with Gasteiger partial charge in [0.15, 0.2) is 11.3 Å². The number of amides is 1. The third-order valence-electron chi connectivity index (χ3n) is 4.88. The van der Waals surface area contributed by atoms with Crippen LogP contribution in [0.5, 0.6) is 0 Å². The third kappa shape index (κ3) is 2.60. The van der Waals surface area contributed by atoms with Gasteiger partial charge in [0.1, 0.15) is 0 Å². The molecule has 10 nitrogen and oxygen atoms in total. The second kappa shape index (κ2) is 5.95. The quantitative estimate of drug-likeness (QED) is 0.678. The molecule has 0 aliphatic carbocycles. The fourth-order valence-electron chi connectivity index (χ4n) is 3.52. The lowest BCUT2D eigenvalue weighted by atomic mass is 9.98. The summed E-state index contributed by atoms with van der Waals surface area (Å²) in [7, 11) is 0. The van der Waals surface area contributed by atoms with Crippen LogP contribution in [0.3, 0.4) is 0 Å². The molecule has 1 amide bonds. The molecule has 2 aliphatic rings. The summed E-state index contributed by atoms with van der Waals surface area (Å²) >= 11 is 5.94. The fraction of sp³-hybridized carbons (Fsp3) is 0.312. The lowest BCUT2D eigenvalue weighted by Gasteiger charge is -2.33. The smallest absolute Gasteiger partial charge is 0.274 e. The van der Waals surface area contributed by atoms with E-state index in [-0.39, 0.29) is 11.9 Å². The molecule has 0 saturated carbocycles. The Morgan fingerprint density at radius 1 is 1.22 bits per heavy atom. The summed E-state index contributed by atoms with van der Waals surface area (Å²) in [4.78, 5) is 19.1. The van der Waals surface area contributed by atoms with Gasteiger partial charge in [0.2, 0.25) is 0 Å². The van der Waals surface area contributed by atoms with Crippen LogP contribution in [0.25, 0.3) is 5.65 Å². The molecule has 0 saturated heterocycles. The maximum Gasteiger partial charge on any atom is 0.274 e. The average Bonchev–Trinajstić information content (AvgIpc) is 3.39. The zero-order valence-electron chi connectivity index (χ0n) is 14.3. The van der Waals surface area contributed by atoms with Gasteiger partial charge in [-0.05, 0) is 34.9 Å². The first-order valence-corrected chi connectivity index (χ1v) is 8.80. The van der Waals surface area contributed by atoms with Crippen molar-refractivity contribution in [2.75, 3.05) is 6.54 Å². The number of rotatable bonds is 2. The molecule has 3 aromatic rings. The SMILES string of the molecule is CC1c2cn(C3N=NN=N3)cc2CCN1C(=O)c1cc2ncc(Cl)cn2n1. The Balaban J connectivity index is 1.44. The van der Waals surface area contributed by atoms with Gasteiger partial charge in [-0.15, -0.1) is 10.2 Å². The normalized spacial score (nSPS) is 19.2. The zero-order valence-corrected chi connectivity index (χ0v) is 15.0. The van der Waals surface area contributed by atoms with Gasteiger partial charge in [0, 0.05) is 31.2 Å². The first-order chi connectivity index (χ1) is 13.1. The van der Waals surface area contributed by atoms with E-state index in [1.54, 1.807) is 12.3 Å². The van der Waals surface area contributed by atoms with E-state index in [9.17, 15) is 4.79 Å². The van der Waals surface area contributed by atoms with Crippen LogP contribution in [0, 0.1) is 0 Å². The fourth-order valence-corrected chi connectivity index (χ4v) is 3.66. The molecular weight excluding hydrogens is 370 g/mol. The van der Waals surface area contributed by atoms with Crippen molar-refractivity contribution in [2.24, 2.45) is 20.7 Å². The number of aromatic nitrogens is 4. The van der Waals surface area contributed by atoms with Crippen LogP contribution in [-0.2, 0) is 6.42 Å². The van der Waals surface area contributed by atoms with E-state index in [0.717, 1.165) is 12.0 Å². The van der Waals surface area contributed by atoms with Gasteiger partial charge in [-0.3, -0.25) is 4.79 Å². The molecule has 136 valence electrons. The molecule has 5 rings (SSSR count). The largest absolute Gasteiger partial charge is 0.330 e. The lowest BCUT2D eigenvalue weighted by molar-refractivity contribution is 0.0672. The minimum Gasteiger partial charge on any atom is -0.330 e. The van der Waals surface area contributed by atoms with Crippen LogP contribution >= 0.6 is 11.6 Å². The highest BCUT2D eigenvalue weighted by Gasteiger charge is 2.31. The van der Waals surface area contributed by atoms with Gasteiger partial charge in [0.05, 0.1) is 17.3 Å². The summed E-state index contributed by atoms with van der Waals surface area (Å²) in [5.74, 6) is -0.136. The summed E-state index contributed by atoms with van der Waals surface area (Å²) in [6, 6.07) is 1.57. The van der Waals surface area contributed by atoms with Crippen molar-refractivity contribution < 1.29 is 4.79 Å². The van der Waals surface area contributed by atoms with Crippen LogP contribution in [-0.4, -0.2) is 36.5 Å². The molecule has 0 radical (unpaired) electrons. The Morgan fingerprint density at radius 3 is 2.85 bits per heavy atom. The molecule has 0 bridgehead atoms. The lowest BCUT2D eigenvalue weighted by Crippen LogP contribution is -2.38. The van der Waals surface area contributed by atoms with Gasteiger partial charge in [-0.25, -0.2) is 9.50 Å². The average molecular weight is 384 g/mol. The molecule has 1 atom stereocenters. The molecule has 0 fully saturated rings. The molecule has 0 spiro atoms. The van der Waals surface area contributed by atoms with Gasteiger partial charge >= 0.3 is 0 Å². The zero-order chi connectivity index (χ0) is 18.5. The van der Waals surface area contributed by atoms with Crippen molar-refractivity contribution in [1.82, 2.24) is 24.1 Å². The molecule has 0 aromatic carbocycles. The van der Waals surface area contributed by atoms with E-state index in [2.05, 4.69) is 30.8 Å². The van der Waals surface area contributed by atoms with Crippen molar-refractivity contribution in [3.63, 3.8) is 0 Å². The van der Waals surface area contributed by atoms with Crippen LogP contribution < -0.4 is 0 Å². The predicted molar refractivity (Wildman–Crippen MR) is 94.3 cm³/mol. The molecular formula is C16H14ClN9O. The highest BCUT2D eigenvalue weighted by Crippen LogP contribution is 2.33. The summed E-state index contributed by atoms with van der Waals surface area (Å²) in [6.07, 6.45) is 7.40. The van der Waals surface area contributed by atoms with Gasteiger partial charge in [-0.1, -0.05) is 11.6 Å². The number of carbonyl (C=O) groups excluding carboxylic acids is 1. The van der Waals surface area contributed by atoms with Gasteiger partial charge < -0.3 is 9.47 Å². The second-order valence-corrected chi connectivity index (χ2v) is 6.91.